The predicted octanol–water partition coefficient (Wildman–Crippen LogP) is 0.544. The van der Waals surface area contributed by atoms with E-state index in [4.69, 9.17) is 10.5 Å². The number of nitrogens with one attached hydrogen (secondary N) is 1. The van der Waals surface area contributed by atoms with Crippen LogP contribution in [0.15, 0.2) is 35.3 Å². The van der Waals surface area contributed by atoms with Crippen molar-refractivity contribution in [1.29, 1.82) is 0 Å². The summed E-state index contributed by atoms with van der Waals surface area (Å²) < 4.78 is 5.03. The zero-order valence-corrected chi connectivity index (χ0v) is 9.64. The van der Waals surface area contributed by atoms with E-state index in [1.807, 2.05) is 0 Å². The van der Waals surface area contributed by atoms with Crippen molar-refractivity contribution in [3.8, 4) is 17.1 Å². The highest BCUT2D eigenvalue weighted by Gasteiger charge is 2.08. The fraction of sp³-hybridized carbons (Fsp3) is 0.0833. The van der Waals surface area contributed by atoms with Crippen LogP contribution in [0.1, 0.15) is 10.4 Å². The van der Waals surface area contributed by atoms with Crippen molar-refractivity contribution in [2.24, 2.45) is 5.73 Å². The average Bonchev–Trinajstić information content (AvgIpc) is 2.38. The summed E-state index contributed by atoms with van der Waals surface area (Å²) in [4.78, 5) is 28.9. The number of H-pyrrole nitrogens is 1. The summed E-state index contributed by atoms with van der Waals surface area (Å²) in [5, 5.41) is 0. The van der Waals surface area contributed by atoms with Gasteiger partial charge in [0.25, 0.3) is 11.5 Å². The average molecular weight is 245 g/mol. The molecule has 0 aliphatic carbocycles. The number of hydrogen-bond acceptors (Lipinski definition) is 4. The van der Waals surface area contributed by atoms with Gasteiger partial charge in [0, 0.05) is 11.8 Å². The normalized spacial score (nSPS) is 10.1. The number of carbonyl (C=O) groups excluding carboxylic acids is 1. The second-order valence-corrected chi connectivity index (χ2v) is 3.57. The van der Waals surface area contributed by atoms with Gasteiger partial charge in [-0.25, -0.2) is 4.98 Å². The first-order chi connectivity index (χ1) is 8.61. The summed E-state index contributed by atoms with van der Waals surface area (Å²) in [6.07, 6.45) is 1.17. The van der Waals surface area contributed by atoms with Crippen molar-refractivity contribution in [3.05, 3.63) is 46.4 Å². The molecule has 1 heterocycles. The van der Waals surface area contributed by atoms with Crippen LogP contribution in [-0.2, 0) is 0 Å². The molecule has 6 heteroatoms. The van der Waals surface area contributed by atoms with Crippen molar-refractivity contribution in [3.63, 3.8) is 0 Å². The number of hydrogen-bond donors (Lipinski definition) is 2. The van der Waals surface area contributed by atoms with Crippen LogP contribution in [0.5, 0.6) is 5.75 Å². The number of primary amides is 1. The minimum absolute atomic E-state index is 0.160. The van der Waals surface area contributed by atoms with Crippen LogP contribution < -0.4 is 16.0 Å². The molecule has 2 aromatic rings. The summed E-state index contributed by atoms with van der Waals surface area (Å²) in [7, 11) is 1.57. The van der Waals surface area contributed by atoms with E-state index in [1.54, 1.807) is 31.4 Å². The number of rotatable bonds is 3. The first-order valence-electron chi connectivity index (χ1n) is 5.15. The number of nitrogens with zero attached hydrogens (tertiary/aromatic N) is 1. The summed E-state index contributed by atoms with van der Waals surface area (Å²) >= 11 is 0. The van der Waals surface area contributed by atoms with E-state index < -0.39 is 11.5 Å². The Hall–Kier alpha value is -2.63. The molecule has 3 N–H and O–H groups in total. The lowest BCUT2D eigenvalue weighted by molar-refractivity contribution is 0.0998. The lowest BCUT2D eigenvalue weighted by Crippen LogP contribution is -2.24. The highest BCUT2D eigenvalue weighted by atomic mass is 16.5. The van der Waals surface area contributed by atoms with E-state index >= 15 is 0 Å². The van der Waals surface area contributed by atoms with Crippen LogP contribution in [0.3, 0.4) is 0 Å². The maximum absolute atomic E-state index is 11.6. The Morgan fingerprint density at radius 1 is 1.33 bits per heavy atom. The molecule has 2 rings (SSSR count). The highest BCUT2D eigenvalue weighted by Crippen LogP contribution is 2.17. The number of amides is 1. The molecule has 0 aliphatic heterocycles. The van der Waals surface area contributed by atoms with Gasteiger partial charge in [-0.15, -0.1) is 0 Å². The highest BCUT2D eigenvalue weighted by molar-refractivity contribution is 5.92. The molecular formula is C12H11N3O3. The van der Waals surface area contributed by atoms with Gasteiger partial charge in [0.15, 0.2) is 0 Å². The number of carbonyl (C=O) groups is 1. The molecule has 0 fully saturated rings. The van der Waals surface area contributed by atoms with Crippen LogP contribution in [0.25, 0.3) is 11.4 Å². The smallest absolute Gasteiger partial charge is 0.264 e. The molecule has 0 aliphatic rings. The van der Waals surface area contributed by atoms with Crippen molar-refractivity contribution in [2.45, 2.75) is 0 Å². The van der Waals surface area contributed by atoms with Gasteiger partial charge < -0.3 is 15.5 Å². The van der Waals surface area contributed by atoms with Crippen molar-refractivity contribution >= 4 is 5.91 Å². The number of nitrogens with two attached hydrogens (primary N) is 1. The number of aromatic amines is 1. The first-order valence-corrected chi connectivity index (χ1v) is 5.15. The molecule has 18 heavy (non-hydrogen) atoms. The quantitative estimate of drug-likeness (QED) is 0.824. The van der Waals surface area contributed by atoms with E-state index in [0.29, 0.717) is 17.1 Å². The summed E-state index contributed by atoms with van der Waals surface area (Å²) in [5.74, 6) is 0.271. The Morgan fingerprint density at radius 3 is 2.50 bits per heavy atom. The Kier molecular flexibility index (Phi) is 3.09. The fourth-order valence-corrected chi connectivity index (χ4v) is 1.47. The third-order valence-corrected chi connectivity index (χ3v) is 2.43. The lowest BCUT2D eigenvalue weighted by Gasteiger charge is -2.03. The summed E-state index contributed by atoms with van der Waals surface area (Å²) in [5.41, 5.74) is 5.03. The lowest BCUT2D eigenvalue weighted by atomic mass is 10.2. The van der Waals surface area contributed by atoms with Gasteiger partial charge in [-0.3, -0.25) is 9.59 Å². The zero-order valence-electron chi connectivity index (χ0n) is 9.64. The third-order valence-electron chi connectivity index (χ3n) is 2.43. The Morgan fingerprint density at radius 2 is 2.00 bits per heavy atom. The van der Waals surface area contributed by atoms with Gasteiger partial charge in [-0.1, -0.05) is 0 Å². The molecule has 92 valence electrons. The second-order valence-electron chi connectivity index (χ2n) is 3.57. The van der Waals surface area contributed by atoms with Gasteiger partial charge in [0.1, 0.15) is 17.1 Å². The number of benzene rings is 1. The Bertz CT molecular complexity index is 632. The van der Waals surface area contributed by atoms with Gasteiger partial charge >= 0.3 is 0 Å². The van der Waals surface area contributed by atoms with Crippen LogP contribution in [0.2, 0.25) is 0 Å². The van der Waals surface area contributed by atoms with Crippen molar-refractivity contribution in [2.75, 3.05) is 7.11 Å². The molecule has 0 spiro atoms. The van der Waals surface area contributed by atoms with Crippen LogP contribution in [-0.4, -0.2) is 23.0 Å². The molecule has 0 saturated carbocycles. The summed E-state index contributed by atoms with van der Waals surface area (Å²) in [6, 6.07) is 7.00. The third kappa shape index (κ3) is 2.22. The molecular weight excluding hydrogens is 234 g/mol. The predicted molar refractivity (Wildman–Crippen MR) is 65.4 cm³/mol. The minimum atomic E-state index is -0.801. The number of aromatic nitrogens is 2. The second kappa shape index (κ2) is 4.70. The van der Waals surface area contributed by atoms with E-state index in [0.717, 1.165) is 0 Å². The maximum atomic E-state index is 11.6. The molecule has 0 atom stereocenters. The minimum Gasteiger partial charge on any atom is -0.497 e. The maximum Gasteiger partial charge on any atom is 0.264 e. The monoisotopic (exact) mass is 245 g/mol. The van der Waals surface area contributed by atoms with E-state index in [9.17, 15) is 9.59 Å². The number of methoxy groups -OCH3 is 1. The van der Waals surface area contributed by atoms with Gasteiger partial charge in [0.2, 0.25) is 0 Å². The molecule has 1 amide bonds. The van der Waals surface area contributed by atoms with E-state index in [2.05, 4.69) is 9.97 Å². The van der Waals surface area contributed by atoms with Gasteiger partial charge in [-0.05, 0) is 24.3 Å². The van der Waals surface area contributed by atoms with Crippen LogP contribution in [0, 0.1) is 0 Å². The molecule has 0 saturated heterocycles. The first kappa shape index (κ1) is 11.8. The molecule has 1 aromatic heterocycles. The van der Waals surface area contributed by atoms with E-state index in [-0.39, 0.29) is 5.56 Å². The fourth-order valence-electron chi connectivity index (χ4n) is 1.47. The number of ether oxygens (including phenoxy) is 1. The van der Waals surface area contributed by atoms with Crippen molar-refractivity contribution < 1.29 is 9.53 Å². The zero-order chi connectivity index (χ0) is 13.1. The molecule has 6 nitrogen and oxygen atoms in total. The van der Waals surface area contributed by atoms with Gasteiger partial charge in [0.05, 0.1) is 7.11 Å². The van der Waals surface area contributed by atoms with Crippen LogP contribution in [0.4, 0.5) is 0 Å². The topological polar surface area (TPSA) is 98.1 Å². The van der Waals surface area contributed by atoms with Crippen molar-refractivity contribution in [1.82, 2.24) is 9.97 Å². The van der Waals surface area contributed by atoms with Gasteiger partial charge in [-0.2, -0.15) is 0 Å². The largest absolute Gasteiger partial charge is 0.497 e. The summed E-state index contributed by atoms with van der Waals surface area (Å²) in [6.45, 7) is 0. The Labute approximate surface area is 102 Å². The molecule has 1 aromatic carbocycles. The SMILES string of the molecule is COc1ccc(-c2ncc(C(N)=O)c(=O)[nH]2)cc1. The molecule has 0 unspecified atom stereocenters. The molecule has 0 radical (unpaired) electrons. The molecule has 0 bridgehead atoms. The Balaban J connectivity index is 2.42. The van der Waals surface area contributed by atoms with Crippen LogP contribution >= 0.6 is 0 Å². The standard InChI is InChI=1S/C12H11N3O3/c1-18-8-4-2-7(3-5-8)11-14-6-9(10(13)16)12(17)15-11/h2-6H,1H3,(H2,13,16)(H,14,15,17). The van der Waals surface area contributed by atoms with E-state index in [1.165, 1.54) is 6.20 Å².